The molecular weight excluding hydrogens is 256 g/mol. The van der Waals surface area contributed by atoms with Crippen LogP contribution in [0, 0.1) is 0 Å². The van der Waals surface area contributed by atoms with Crippen LogP contribution in [0.2, 0.25) is 0 Å². The molecule has 0 aromatic rings. The van der Waals surface area contributed by atoms with Crippen LogP contribution >= 0.6 is 0 Å². The van der Waals surface area contributed by atoms with E-state index in [1.54, 1.807) is 0 Å². The molecule has 2 rings (SSSR count). The molecule has 2 fully saturated rings. The number of carbonyl (C=O) groups is 1. The molecule has 1 aliphatic carbocycles. The van der Waals surface area contributed by atoms with Crippen molar-refractivity contribution >= 4 is 5.91 Å². The third kappa shape index (κ3) is 4.72. The fraction of sp³-hybridized carbons (Fsp3) is 0.933. The van der Waals surface area contributed by atoms with Crippen molar-refractivity contribution in [2.24, 2.45) is 0 Å². The lowest BCUT2D eigenvalue weighted by atomic mass is 9.82. The van der Waals surface area contributed by atoms with E-state index in [1.807, 2.05) is 0 Å². The second-order valence-electron chi connectivity index (χ2n) is 6.26. The van der Waals surface area contributed by atoms with Crippen LogP contribution in [-0.2, 0) is 9.53 Å². The van der Waals surface area contributed by atoms with Gasteiger partial charge in [-0.1, -0.05) is 19.3 Å². The van der Waals surface area contributed by atoms with Gasteiger partial charge in [-0.3, -0.25) is 9.69 Å². The van der Waals surface area contributed by atoms with Gasteiger partial charge in [-0.2, -0.15) is 0 Å². The van der Waals surface area contributed by atoms with Gasteiger partial charge >= 0.3 is 0 Å². The van der Waals surface area contributed by atoms with E-state index in [0.29, 0.717) is 12.6 Å². The van der Waals surface area contributed by atoms with E-state index in [1.165, 1.54) is 6.42 Å². The second-order valence-corrected chi connectivity index (χ2v) is 6.26. The van der Waals surface area contributed by atoms with Gasteiger partial charge in [0.25, 0.3) is 0 Å². The van der Waals surface area contributed by atoms with Gasteiger partial charge in [0.05, 0.1) is 25.2 Å². The fourth-order valence-corrected chi connectivity index (χ4v) is 3.16. The number of ether oxygens (including phenoxy) is 1. The summed E-state index contributed by atoms with van der Waals surface area (Å²) >= 11 is 0. The highest BCUT2D eigenvalue weighted by molar-refractivity contribution is 5.77. The summed E-state index contributed by atoms with van der Waals surface area (Å²) < 4.78 is 5.33. The first-order valence-corrected chi connectivity index (χ1v) is 7.90. The van der Waals surface area contributed by atoms with E-state index < -0.39 is 5.60 Å². The second kappa shape index (κ2) is 7.38. The van der Waals surface area contributed by atoms with Crippen molar-refractivity contribution < 1.29 is 14.6 Å². The zero-order valence-electron chi connectivity index (χ0n) is 12.6. The van der Waals surface area contributed by atoms with Crippen LogP contribution in [0.15, 0.2) is 0 Å². The Bertz CT molecular complexity index is 310. The molecule has 2 N–H and O–H groups in total. The molecular formula is C15H28N2O3. The highest BCUT2D eigenvalue weighted by Gasteiger charge is 2.31. The minimum absolute atomic E-state index is 0.0190. The first kappa shape index (κ1) is 15.7. The number of carbonyl (C=O) groups excluding carboxylic acids is 1. The Morgan fingerprint density at radius 1 is 1.30 bits per heavy atom. The summed E-state index contributed by atoms with van der Waals surface area (Å²) in [5.41, 5.74) is -0.759. The third-order valence-corrected chi connectivity index (χ3v) is 4.54. The molecule has 0 aromatic carbocycles. The molecule has 5 heteroatoms. The lowest BCUT2D eigenvalue weighted by Crippen LogP contribution is -2.48. The van der Waals surface area contributed by atoms with E-state index in [-0.39, 0.29) is 12.3 Å². The maximum atomic E-state index is 12.0. The average molecular weight is 284 g/mol. The maximum Gasteiger partial charge on any atom is 0.222 e. The van der Waals surface area contributed by atoms with Crippen molar-refractivity contribution in [3.05, 3.63) is 0 Å². The molecule has 0 aromatic heterocycles. The SMILES string of the molecule is CC(CNC(=O)CC1(O)CCCCC1)N1CCOCC1. The molecule has 1 atom stereocenters. The van der Waals surface area contributed by atoms with Gasteiger partial charge < -0.3 is 15.2 Å². The van der Waals surface area contributed by atoms with Crippen LogP contribution in [-0.4, -0.2) is 60.4 Å². The normalized spacial score (nSPS) is 25.1. The Balaban J connectivity index is 1.68. The fourth-order valence-electron chi connectivity index (χ4n) is 3.16. The summed E-state index contributed by atoms with van der Waals surface area (Å²) in [7, 11) is 0. The topological polar surface area (TPSA) is 61.8 Å². The number of amides is 1. The highest BCUT2D eigenvalue weighted by atomic mass is 16.5. The Kier molecular flexibility index (Phi) is 5.81. The quantitative estimate of drug-likeness (QED) is 0.788. The Hall–Kier alpha value is -0.650. The molecule has 1 aliphatic heterocycles. The summed E-state index contributed by atoms with van der Waals surface area (Å²) in [5.74, 6) is -0.0190. The minimum Gasteiger partial charge on any atom is -0.389 e. The zero-order valence-corrected chi connectivity index (χ0v) is 12.6. The number of hydrogen-bond donors (Lipinski definition) is 2. The van der Waals surface area contributed by atoms with Crippen LogP contribution in [0.3, 0.4) is 0 Å². The Morgan fingerprint density at radius 2 is 1.95 bits per heavy atom. The van der Waals surface area contributed by atoms with E-state index in [0.717, 1.165) is 52.0 Å². The standard InChI is InChI=1S/C15H28N2O3/c1-13(17-7-9-20-10-8-17)12-16-14(18)11-15(19)5-3-2-4-6-15/h13,19H,2-12H2,1H3,(H,16,18). The molecule has 0 radical (unpaired) electrons. The summed E-state index contributed by atoms with van der Waals surface area (Å²) in [6, 6.07) is 0.323. The van der Waals surface area contributed by atoms with Gasteiger partial charge in [-0.15, -0.1) is 0 Å². The predicted molar refractivity (Wildman–Crippen MR) is 77.5 cm³/mol. The average Bonchev–Trinajstić information content (AvgIpc) is 2.46. The lowest BCUT2D eigenvalue weighted by molar-refractivity contribution is -0.127. The van der Waals surface area contributed by atoms with Crippen LogP contribution in [0.4, 0.5) is 0 Å². The molecule has 1 heterocycles. The van der Waals surface area contributed by atoms with Crippen molar-refractivity contribution in [2.45, 2.75) is 57.1 Å². The number of nitrogens with one attached hydrogen (secondary N) is 1. The molecule has 1 amide bonds. The number of nitrogens with zero attached hydrogens (tertiary/aromatic N) is 1. The third-order valence-electron chi connectivity index (χ3n) is 4.54. The van der Waals surface area contributed by atoms with E-state index >= 15 is 0 Å². The van der Waals surface area contributed by atoms with Crippen LogP contribution < -0.4 is 5.32 Å². The van der Waals surface area contributed by atoms with Crippen LogP contribution in [0.5, 0.6) is 0 Å². The number of rotatable bonds is 5. The molecule has 0 spiro atoms. The summed E-state index contributed by atoms with van der Waals surface area (Å²) in [4.78, 5) is 14.3. The summed E-state index contributed by atoms with van der Waals surface area (Å²) in [6.07, 6.45) is 5.03. The molecule has 5 nitrogen and oxygen atoms in total. The first-order chi connectivity index (χ1) is 9.59. The number of morpholine rings is 1. The van der Waals surface area contributed by atoms with Crippen molar-refractivity contribution in [3.8, 4) is 0 Å². The molecule has 1 saturated carbocycles. The first-order valence-electron chi connectivity index (χ1n) is 7.90. The Morgan fingerprint density at radius 3 is 2.60 bits per heavy atom. The monoisotopic (exact) mass is 284 g/mol. The van der Waals surface area contributed by atoms with Crippen LogP contribution in [0.25, 0.3) is 0 Å². The summed E-state index contributed by atoms with van der Waals surface area (Å²) in [5, 5.41) is 13.3. The minimum atomic E-state index is -0.759. The summed E-state index contributed by atoms with van der Waals surface area (Å²) in [6.45, 7) is 6.19. The van der Waals surface area contributed by atoms with Crippen molar-refractivity contribution in [2.75, 3.05) is 32.8 Å². The number of hydrogen-bond acceptors (Lipinski definition) is 4. The largest absolute Gasteiger partial charge is 0.389 e. The Labute approximate surface area is 121 Å². The van der Waals surface area contributed by atoms with E-state index in [2.05, 4.69) is 17.1 Å². The van der Waals surface area contributed by atoms with E-state index in [9.17, 15) is 9.90 Å². The van der Waals surface area contributed by atoms with Crippen molar-refractivity contribution in [1.29, 1.82) is 0 Å². The zero-order chi connectivity index (χ0) is 14.4. The molecule has 20 heavy (non-hydrogen) atoms. The smallest absolute Gasteiger partial charge is 0.222 e. The lowest BCUT2D eigenvalue weighted by Gasteiger charge is -2.33. The number of aliphatic hydroxyl groups is 1. The van der Waals surface area contributed by atoms with Gasteiger partial charge in [-0.05, 0) is 19.8 Å². The highest BCUT2D eigenvalue weighted by Crippen LogP contribution is 2.30. The van der Waals surface area contributed by atoms with Crippen molar-refractivity contribution in [1.82, 2.24) is 10.2 Å². The van der Waals surface area contributed by atoms with Gasteiger partial charge in [0, 0.05) is 25.7 Å². The van der Waals surface area contributed by atoms with Gasteiger partial charge in [0.2, 0.25) is 5.91 Å². The van der Waals surface area contributed by atoms with E-state index in [4.69, 9.17) is 4.74 Å². The van der Waals surface area contributed by atoms with Crippen LogP contribution in [0.1, 0.15) is 45.4 Å². The van der Waals surface area contributed by atoms with Gasteiger partial charge in [0.1, 0.15) is 0 Å². The van der Waals surface area contributed by atoms with Gasteiger partial charge in [0.15, 0.2) is 0 Å². The molecule has 1 saturated heterocycles. The predicted octanol–water partition coefficient (Wildman–Crippen LogP) is 0.909. The molecule has 116 valence electrons. The molecule has 2 aliphatic rings. The molecule has 0 bridgehead atoms. The molecule has 1 unspecified atom stereocenters. The maximum absolute atomic E-state index is 12.0. The van der Waals surface area contributed by atoms with Gasteiger partial charge in [-0.25, -0.2) is 0 Å². The van der Waals surface area contributed by atoms with Crippen molar-refractivity contribution in [3.63, 3.8) is 0 Å².